The van der Waals surface area contributed by atoms with Gasteiger partial charge in [-0.25, -0.2) is 4.79 Å². The van der Waals surface area contributed by atoms with E-state index >= 15 is 0 Å². The molecule has 148 valence electrons. The number of para-hydroxylation sites is 2. The third-order valence-corrected chi connectivity index (χ3v) is 4.76. The van der Waals surface area contributed by atoms with Crippen molar-refractivity contribution in [1.82, 2.24) is 14.5 Å². The van der Waals surface area contributed by atoms with Crippen molar-refractivity contribution in [3.63, 3.8) is 0 Å². The zero-order chi connectivity index (χ0) is 19.9. The largest absolute Gasteiger partial charge is 0.380 e. The van der Waals surface area contributed by atoms with Crippen molar-refractivity contribution < 1.29 is 9.53 Å². The number of rotatable bonds is 9. The second-order valence-electron chi connectivity index (χ2n) is 6.85. The van der Waals surface area contributed by atoms with Gasteiger partial charge in [0.15, 0.2) is 0 Å². The Morgan fingerprint density at radius 2 is 1.57 bits per heavy atom. The van der Waals surface area contributed by atoms with Crippen LogP contribution < -0.4 is 11.0 Å². The summed E-state index contributed by atoms with van der Waals surface area (Å²) in [7, 11) is 1.67. The molecule has 28 heavy (non-hydrogen) atoms. The second-order valence-corrected chi connectivity index (χ2v) is 6.85. The molecule has 0 fully saturated rings. The number of hydrogen-bond donors (Lipinski definition) is 1. The summed E-state index contributed by atoms with van der Waals surface area (Å²) in [6.45, 7) is 4.14. The number of ether oxygens (including phenoxy) is 1. The van der Waals surface area contributed by atoms with Gasteiger partial charge in [0.2, 0.25) is 5.91 Å². The molecule has 6 nitrogen and oxygen atoms in total. The average Bonchev–Trinajstić information content (AvgIpc) is 2.98. The molecule has 1 amide bonds. The molecule has 0 bridgehead atoms. The van der Waals surface area contributed by atoms with Crippen molar-refractivity contribution in [3.8, 4) is 0 Å². The minimum Gasteiger partial charge on any atom is -0.380 e. The van der Waals surface area contributed by atoms with Crippen LogP contribution in [0.25, 0.3) is 11.0 Å². The summed E-state index contributed by atoms with van der Waals surface area (Å²) >= 11 is 0. The van der Waals surface area contributed by atoms with E-state index in [-0.39, 0.29) is 18.0 Å². The third-order valence-electron chi connectivity index (χ3n) is 4.76. The van der Waals surface area contributed by atoms with Gasteiger partial charge in [0.1, 0.15) is 0 Å². The van der Waals surface area contributed by atoms with Crippen molar-refractivity contribution in [2.45, 2.75) is 46.0 Å². The van der Waals surface area contributed by atoms with Gasteiger partial charge in [-0.2, -0.15) is 0 Å². The van der Waals surface area contributed by atoms with Crippen molar-refractivity contribution in [2.75, 3.05) is 7.11 Å². The van der Waals surface area contributed by atoms with Crippen LogP contribution in [0, 0.1) is 0 Å². The Bertz CT molecular complexity index is 986. The summed E-state index contributed by atoms with van der Waals surface area (Å²) in [6.07, 6.45) is 1.15. The molecule has 0 spiro atoms. The van der Waals surface area contributed by atoms with E-state index in [9.17, 15) is 9.59 Å². The molecule has 0 aliphatic heterocycles. The zero-order valence-corrected chi connectivity index (χ0v) is 16.5. The maximum Gasteiger partial charge on any atom is 0.329 e. The van der Waals surface area contributed by atoms with Crippen LogP contribution in [0.3, 0.4) is 0 Å². The molecule has 0 aliphatic rings. The van der Waals surface area contributed by atoms with Crippen LogP contribution in [-0.4, -0.2) is 22.2 Å². The maximum atomic E-state index is 12.7. The van der Waals surface area contributed by atoms with E-state index in [1.165, 1.54) is 0 Å². The first-order chi connectivity index (χ1) is 13.6. The van der Waals surface area contributed by atoms with Gasteiger partial charge in [-0.3, -0.25) is 13.9 Å². The highest BCUT2D eigenvalue weighted by Crippen LogP contribution is 2.13. The molecule has 0 saturated carbocycles. The van der Waals surface area contributed by atoms with Gasteiger partial charge in [0.25, 0.3) is 0 Å². The summed E-state index contributed by atoms with van der Waals surface area (Å²) in [5.41, 5.74) is 3.88. The fourth-order valence-electron chi connectivity index (χ4n) is 3.35. The first kappa shape index (κ1) is 19.9. The van der Waals surface area contributed by atoms with Gasteiger partial charge in [0, 0.05) is 33.2 Å². The highest BCUT2D eigenvalue weighted by molar-refractivity contribution is 5.78. The van der Waals surface area contributed by atoms with Crippen molar-refractivity contribution in [3.05, 3.63) is 70.1 Å². The molecule has 0 saturated heterocycles. The van der Waals surface area contributed by atoms with E-state index in [4.69, 9.17) is 4.74 Å². The van der Waals surface area contributed by atoms with Crippen LogP contribution in [0.5, 0.6) is 0 Å². The minimum atomic E-state index is -0.0693. The minimum absolute atomic E-state index is 0.0513. The van der Waals surface area contributed by atoms with E-state index in [0.29, 0.717) is 26.2 Å². The van der Waals surface area contributed by atoms with Crippen LogP contribution in [-0.2, 0) is 35.8 Å². The van der Waals surface area contributed by atoms with Crippen LogP contribution in [0.1, 0.15) is 30.9 Å². The molecular weight excluding hydrogens is 354 g/mol. The Hall–Kier alpha value is -2.86. The summed E-state index contributed by atoms with van der Waals surface area (Å²) in [4.78, 5) is 25.0. The van der Waals surface area contributed by atoms with Gasteiger partial charge in [0.05, 0.1) is 17.6 Å². The molecule has 0 radical (unpaired) electrons. The predicted octanol–water partition coefficient (Wildman–Crippen LogP) is 3.07. The second kappa shape index (κ2) is 9.37. The summed E-state index contributed by atoms with van der Waals surface area (Å²) < 4.78 is 8.58. The normalized spacial score (nSPS) is 11.1. The number of nitrogens with zero attached hydrogens (tertiary/aromatic N) is 2. The third kappa shape index (κ3) is 4.51. The molecular formula is C22H27N3O3. The van der Waals surface area contributed by atoms with E-state index in [1.54, 1.807) is 16.2 Å². The quantitative estimate of drug-likeness (QED) is 0.620. The number of carbonyl (C=O) groups excluding carboxylic acids is 1. The number of carbonyl (C=O) groups is 1. The number of aryl methyl sites for hydroxylation is 2. The number of hydrogen-bond acceptors (Lipinski definition) is 3. The lowest BCUT2D eigenvalue weighted by Crippen LogP contribution is -2.28. The van der Waals surface area contributed by atoms with Crippen molar-refractivity contribution in [2.24, 2.45) is 0 Å². The molecule has 2 aromatic carbocycles. The molecule has 0 atom stereocenters. The van der Waals surface area contributed by atoms with Crippen LogP contribution in [0.15, 0.2) is 53.3 Å². The highest BCUT2D eigenvalue weighted by atomic mass is 16.5. The monoisotopic (exact) mass is 381 g/mol. The Labute approximate surface area is 164 Å². The van der Waals surface area contributed by atoms with Gasteiger partial charge >= 0.3 is 5.69 Å². The van der Waals surface area contributed by atoms with E-state index in [1.807, 2.05) is 55.5 Å². The Balaban J connectivity index is 1.61. The Kier molecular flexibility index (Phi) is 6.66. The van der Waals surface area contributed by atoms with Crippen molar-refractivity contribution >= 4 is 16.9 Å². The fraction of sp³-hybridized carbons (Fsp3) is 0.364. The molecule has 0 aliphatic carbocycles. The Morgan fingerprint density at radius 1 is 0.964 bits per heavy atom. The van der Waals surface area contributed by atoms with Crippen LogP contribution in [0.2, 0.25) is 0 Å². The fourth-order valence-corrected chi connectivity index (χ4v) is 3.35. The lowest BCUT2D eigenvalue weighted by Gasteiger charge is -2.07. The van der Waals surface area contributed by atoms with Gasteiger partial charge in [-0.1, -0.05) is 43.3 Å². The van der Waals surface area contributed by atoms with Gasteiger partial charge < -0.3 is 10.1 Å². The molecule has 1 N–H and O–H groups in total. The summed E-state index contributed by atoms with van der Waals surface area (Å²) in [5.74, 6) is -0.0693. The number of fused-ring (bicyclic) bond motifs is 1. The summed E-state index contributed by atoms with van der Waals surface area (Å²) in [6, 6.07) is 15.7. The number of aromatic nitrogens is 2. The lowest BCUT2D eigenvalue weighted by atomic mass is 10.1. The first-order valence-electron chi connectivity index (χ1n) is 9.65. The lowest BCUT2D eigenvalue weighted by molar-refractivity contribution is -0.121. The molecule has 3 aromatic rings. The van der Waals surface area contributed by atoms with Gasteiger partial charge in [-0.05, 0) is 29.7 Å². The van der Waals surface area contributed by atoms with Crippen LogP contribution >= 0.6 is 0 Å². The number of benzene rings is 2. The number of nitrogens with one attached hydrogen (secondary N) is 1. The zero-order valence-electron chi connectivity index (χ0n) is 16.5. The molecule has 1 heterocycles. The molecule has 1 aromatic heterocycles. The van der Waals surface area contributed by atoms with Gasteiger partial charge in [-0.15, -0.1) is 0 Å². The number of imidazole rings is 1. The van der Waals surface area contributed by atoms with Crippen molar-refractivity contribution in [1.29, 1.82) is 0 Å². The van der Waals surface area contributed by atoms with E-state index in [0.717, 1.165) is 28.6 Å². The SMILES string of the molecule is CCCn1c(=O)n(CCC(=O)NCc2ccc(COC)cc2)c2ccccc21. The topological polar surface area (TPSA) is 65.3 Å². The molecule has 6 heteroatoms. The van der Waals surface area contributed by atoms with Crippen LogP contribution in [0.4, 0.5) is 0 Å². The van der Waals surface area contributed by atoms with E-state index in [2.05, 4.69) is 5.32 Å². The molecule has 3 rings (SSSR count). The first-order valence-corrected chi connectivity index (χ1v) is 9.65. The highest BCUT2D eigenvalue weighted by Gasteiger charge is 2.13. The number of methoxy groups -OCH3 is 1. The number of amides is 1. The molecule has 0 unspecified atom stereocenters. The maximum absolute atomic E-state index is 12.7. The summed E-state index contributed by atoms with van der Waals surface area (Å²) in [5, 5.41) is 2.93. The standard InChI is InChI=1S/C22H27N3O3/c1-3-13-24-19-6-4-5-7-20(19)25(22(24)27)14-12-21(26)23-15-17-8-10-18(11-9-17)16-28-2/h4-11H,3,12-16H2,1-2H3,(H,23,26). The Morgan fingerprint density at radius 3 is 2.18 bits per heavy atom. The smallest absolute Gasteiger partial charge is 0.329 e. The average molecular weight is 381 g/mol. The van der Waals surface area contributed by atoms with E-state index < -0.39 is 0 Å². The predicted molar refractivity (Wildman–Crippen MR) is 110 cm³/mol.